The average molecular weight is 238 g/mol. The molecule has 2 N–H and O–H groups in total. The summed E-state index contributed by atoms with van der Waals surface area (Å²) in [5, 5.41) is 20.4. The largest absolute Gasteiger partial charge is 0.496 e. The Kier molecular flexibility index (Phi) is 4.17. The van der Waals surface area contributed by atoms with Gasteiger partial charge in [-0.05, 0) is 38.3 Å². The van der Waals surface area contributed by atoms with Gasteiger partial charge in [-0.1, -0.05) is 19.1 Å². The maximum Gasteiger partial charge on any atom is 0.127 e. The normalized spacial score (nSPS) is 16.4. The van der Waals surface area contributed by atoms with Gasteiger partial charge in [0.15, 0.2) is 0 Å². The van der Waals surface area contributed by atoms with Crippen molar-refractivity contribution in [2.45, 2.75) is 45.8 Å². The summed E-state index contributed by atoms with van der Waals surface area (Å²) in [5.74, 6) is 0.659. The van der Waals surface area contributed by atoms with Gasteiger partial charge in [-0.25, -0.2) is 0 Å². The van der Waals surface area contributed by atoms with Gasteiger partial charge >= 0.3 is 0 Å². The van der Waals surface area contributed by atoms with Gasteiger partial charge in [-0.15, -0.1) is 0 Å². The average Bonchev–Trinajstić information content (AvgIpc) is 2.31. The van der Waals surface area contributed by atoms with E-state index in [0.29, 0.717) is 17.7 Å². The van der Waals surface area contributed by atoms with Crippen LogP contribution in [0, 0.1) is 13.8 Å². The van der Waals surface area contributed by atoms with E-state index in [0.717, 1.165) is 11.1 Å². The quantitative estimate of drug-likeness (QED) is 0.847. The number of methoxy groups -OCH3 is 1. The van der Waals surface area contributed by atoms with Crippen molar-refractivity contribution >= 4 is 0 Å². The molecule has 3 nitrogen and oxygen atoms in total. The molecule has 1 aromatic rings. The fourth-order valence-corrected chi connectivity index (χ4v) is 1.83. The summed E-state index contributed by atoms with van der Waals surface area (Å²) < 4.78 is 5.35. The molecule has 0 heterocycles. The Hall–Kier alpha value is -1.06. The van der Waals surface area contributed by atoms with Crippen molar-refractivity contribution in [1.29, 1.82) is 0 Å². The van der Waals surface area contributed by atoms with Crippen molar-refractivity contribution in [3.05, 3.63) is 28.8 Å². The first kappa shape index (κ1) is 14.0. The van der Waals surface area contributed by atoms with Gasteiger partial charge in [0.25, 0.3) is 0 Å². The summed E-state index contributed by atoms with van der Waals surface area (Å²) in [6.07, 6.45) is -0.466. The van der Waals surface area contributed by atoms with Crippen LogP contribution >= 0.6 is 0 Å². The van der Waals surface area contributed by atoms with E-state index in [9.17, 15) is 10.2 Å². The molecule has 0 saturated heterocycles. The highest BCUT2D eigenvalue weighted by Crippen LogP contribution is 2.36. The molecule has 0 aliphatic carbocycles. The van der Waals surface area contributed by atoms with Gasteiger partial charge in [0, 0.05) is 5.56 Å². The number of aliphatic hydroxyl groups excluding tert-OH is 1. The molecule has 2 unspecified atom stereocenters. The summed E-state index contributed by atoms with van der Waals surface area (Å²) in [6.45, 7) is 7.42. The Bertz CT molecular complexity index is 397. The number of aryl methyl sites for hydroxylation is 1. The topological polar surface area (TPSA) is 49.7 Å². The fraction of sp³-hybridized carbons (Fsp3) is 0.571. The minimum atomic E-state index is -1.14. The van der Waals surface area contributed by atoms with Crippen LogP contribution < -0.4 is 4.74 Å². The summed E-state index contributed by atoms with van der Waals surface area (Å²) in [6, 6.07) is 3.75. The van der Waals surface area contributed by atoms with Crippen LogP contribution in [0.5, 0.6) is 5.75 Å². The second kappa shape index (κ2) is 5.07. The second-order valence-electron chi connectivity index (χ2n) is 4.74. The van der Waals surface area contributed by atoms with Gasteiger partial charge in [0.05, 0.1) is 12.7 Å². The van der Waals surface area contributed by atoms with E-state index in [1.165, 1.54) is 0 Å². The number of hydrogen-bond acceptors (Lipinski definition) is 3. The molecule has 0 aliphatic heterocycles. The van der Waals surface area contributed by atoms with Crippen LogP contribution in [0.1, 0.15) is 43.1 Å². The Morgan fingerprint density at radius 1 is 1.35 bits per heavy atom. The highest BCUT2D eigenvalue weighted by Gasteiger charge is 2.32. The maximum absolute atomic E-state index is 10.2. The van der Waals surface area contributed by atoms with Crippen molar-refractivity contribution in [2.75, 3.05) is 7.11 Å². The predicted octanol–water partition coefficient (Wildman–Crippen LogP) is 2.51. The minimum Gasteiger partial charge on any atom is -0.496 e. The molecule has 0 fully saturated rings. The Balaban J connectivity index is 3.27. The molecule has 3 heteroatoms. The summed E-state index contributed by atoms with van der Waals surface area (Å²) >= 11 is 0. The molecule has 17 heavy (non-hydrogen) atoms. The molecule has 0 bridgehead atoms. The van der Waals surface area contributed by atoms with Gasteiger partial charge in [-0.2, -0.15) is 0 Å². The number of ether oxygens (including phenoxy) is 1. The lowest BCUT2D eigenvalue weighted by Gasteiger charge is -2.29. The van der Waals surface area contributed by atoms with Crippen molar-refractivity contribution in [3.8, 4) is 5.75 Å². The van der Waals surface area contributed by atoms with Crippen molar-refractivity contribution < 1.29 is 14.9 Å². The first-order valence-electron chi connectivity index (χ1n) is 5.89. The van der Waals surface area contributed by atoms with Crippen molar-refractivity contribution in [3.63, 3.8) is 0 Å². The molecular weight excluding hydrogens is 216 g/mol. The monoisotopic (exact) mass is 238 g/mol. The van der Waals surface area contributed by atoms with E-state index < -0.39 is 11.7 Å². The minimum absolute atomic E-state index is 0.476. The Morgan fingerprint density at radius 3 is 2.41 bits per heavy atom. The van der Waals surface area contributed by atoms with Crippen LogP contribution in [0.25, 0.3) is 0 Å². The molecule has 0 saturated carbocycles. The lowest BCUT2D eigenvalue weighted by molar-refractivity contribution is -0.0667. The predicted molar refractivity (Wildman–Crippen MR) is 68.3 cm³/mol. The van der Waals surface area contributed by atoms with E-state index in [4.69, 9.17) is 4.74 Å². The molecule has 1 rings (SSSR count). The third kappa shape index (κ3) is 2.61. The first-order chi connectivity index (χ1) is 7.85. The van der Waals surface area contributed by atoms with E-state index in [1.807, 2.05) is 32.9 Å². The van der Waals surface area contributed by atoms with E-state index >= 15 is 0 Å². The van der Waals surface area contributed by atoms with Crippen molar-refractivity contribution in [1.82, 2.24) is 0 Å². The van der Waals surface area contributed by atoms with Crippen LogP contribution in [0.15, 0.2) is 12.1 Å². The Labute approximate surface area is 103 Å². The number of aliphatic hydroxyl groups is 2. The van der Waals surface area contributed by atoms with E-state index in [1.54, 1.807) is 14.0 Å². The molecule has 96 valence electrons. The lowest BCUT2D eigenvalue weighted by atomic mass is 9.88. The van der Waals surface area contributed by atoms with Crippen LogP contribution in [0.3, 0.4) is 0 Å². The van der Waals surface area contributed by atoms with Gasteiger partial charge < -0.3 is 14.9 Å². The SMILES string of the molecule is CCC(C)(O)C(O)c1ccc(C)c(C)c1OC. The fourth-order valence-electron chi connectivity index (χ4n) is 1.83. The van der Waals surface area contributed by atoms with E-state index in [-0.39, 0.29) is 0 Å². The first-order valence-corrected chi connectivity index (χ1v) is 5.89. The molecule has 2 atom stereocenters. The smallest absolute Gasteiger partial charge is 0.127 e. The molecule has 0 radical (unpaired) electrons. The molecule has 0 aromatic heterocycles. The second-order valence-corrected chi connectivity index (χ2v) is 4.74. The van der Waals surface area contributed by atoms with Crippen LogP contribution in [0.2, 0.25) is 0 Å². The van der Waals surface area contributed by atoms with Crippen LogP contribution in [0.4, 0.5) is 0 Å². The zero-order chi connectivity index (χ0) is 13.2. The third-order valence-electron chi connectivity index (χ3n) is 3.51. The summed E-state index contributed by atoms with van der Waals surface area (Å²) in [4.78, 5) is 0. The molecule has 0 amide bonds. The maximum atomic E-state index is 10.2. The molecule has 0 aliphatic rings. The zero-order valence-corrected chi connectivity index (χ0v) is 11.2. The van der Waals surface area contributed by atoms with E-state index in [2.05, 4.69) is 0 Å². The highest BCUT2D eigenvalue weighted by atomic mass is 16.5. The summed E-state index contributed by atoms with van der Waals surface area (Å²) in [5.41, 5.74) is 1.60. The standard InChI is InChI=1S/C14H22O3/c1-6-14(4,16)13(15)11-8-7-9(2)10(3)12(11)17-5/h7-8,13,15-16H,6H2,1-5H3. The molecule has 1 aromatic carbocycles. The lowest BCUT2D eigenvalue weighted by Crippen LogP contribution is -2.32. The molecule has 0 spiro atoms. The molecular formula is C14H22O3. The Morgan fingerprint density at radius 2 is 1.94 bits per heavy atom. The third-order valence-corrected chi connectivity index (χ3v) is 3.51. The number of benzene rings is 1. The number of hydrogen-bond donors (Lipinski definition) is 2. The van der Waals surface area contributed by atoms with Crippen molar-refractivity contribution in [2.24, 2.45) is 0 Å². The van der Waals surface area contributed by atoms with Gasteiger partial charge in [-0.3, -0.25) is 0 Å². The van der Waals surface area contributed by atoms with Gasteiger partial charge in [0.2, 0.25) is 0 Å². The van der Waals surface area contributed by atoms with Crippen LogP contribution in [-0.2, 0) is 0 Å². The number of rotatable bonds is 4. The highest BCUT2D eigenvalue weighted by molar-refractivity contribution is 5.47. The summed E-state index contributed by atoms with van der Waals surface area (Å²) in [7, 11) is 1.58. The van der Waals surface area contributed by atoms with Gasteiger partial charge in [0.1, 0.15) is 11.9 Å². The van der Waals surface area contributed by atoms with Crippen LogP contribution in [-0.4, -0.2) is 22.9 Å². The zero-order valence-electron chi connectivity index (χ0n) is 11.2.